The summed E-state index contributed by atoms with van der Waals surface area (Å²) in [6.07, 6.45) is 2.48. The van der Waals surface area contributed by atoms with E-state index >= 15 is 0 Å². The molecule has 0 aliphatic carbocycles. The summed E-state index contributed by atoms with van der Waals surface area (Å²) in [5.74, 6) is 0.712. The topological polar surface area (TPSA) is 58.5 Å². The van der Waals surface area contributed by atoms with Crippen LogP contribution in [-0.4, -0.2) is 43.6 Å². The Bertz CT molecular complexity index is 587. The predicted molar refractivity (Wildman–Crippen MR) is 81.9 cm³/mol. The van der Waals surface area contributed by atoms with E-state index in [1.165, 1.54) is 25.9 Å². The van der Waals surface area contributed by atoms with Crippen LogP contribution in [-0.2, 0) is 0 Å². The van der Waals surface area contributed by atoms with Gasteiger partial charge in [-0.25, -0.2) is 0 Å². The quantitative estimate of drug-likeness (QED) is 0.869. The van der Waals surface area contributed by atoms with Crippen LogP contribution < -0.4 is 10.6 Å². The highest BCUT2D eigenvalue weighted by molar-refractivity contribution is 5.86. The number of aromatic nitrogens is 1. The maximum atomic E-state index is 5.92. The molecule has 5 heteroatoms. The molecule has 0 saturated carbocycles. The zero-order valence-corrected chi connectivity index (χ0v) is 12.2. The SMILES string of the molecule is CN1CCC(CN(C)c2nc3c(N)cccc3o2)CC1. The Morgan fingerprint density at radius 2 is 2.15 bits per heavy atom. The summed E-state index contributed by atoms with van der Waals surface area (Å²) in [4.78, 5) is 9.01. The van der Waals surface area contributed by atoms with Crippen LogP contribution in [0.2, 0.25) is 0 Å². The fourth-order valence-electron chi connectivity index (χ4n) is 2.83. The first-order chi connectivity index (χ1) is 9.63. The van der Waals surface area contributed by atoms with E-state index < -0.39 is 0 Å². The smallest absolute Gasteiger partial charge is 0.298 e. The number of nitrogens with two attached hydrogens (primary N) is 1. The summed E-state index contributed by atoms with van der Waals surface area (Å²) in [5.41, 5.74) is 8.12. The lowest BCUT2D eigenvalue weighted by atomic mass is 9.97. The molecule has 2 N–H and O–H groups in total. The van der Waals surface area contributed by atoms with E-state index in [0.29, 0.717) is 17.6 Å². The molecule has 20 heavy (non-hydrogen) atoms. The first-order valence-electron chi connectivity index (χ1n) is 7.18. The van der Waals surface area contributed by atoms with Gasteiger partial charge in [-0.15, -0.1) is 0 Å². The molecular formula is C15H22N4O. The van der Waals surface area contributed by atoms with Gasteiger partial charge in [0.1, 0.15) is 5.52 Å². The van der Waals surface area contributed by atoms with Gasteiger partial charge < -0.3 is 20.0 Å². The fraction of sp³-hybridized carbons (Fsp3) is 0.533. The van der Waals surface area contributed by atoms with Crippen molar-refractivity contribution in [3.8, 4) is 0 Å². The maximum Gasteiger partial charge on any atom is 0.298 e. The van der Waals surface area contributed by atoms with E-state index in [-0.39, 0.29) is 0 Å². The molecule has 0 spiro atoms. The van der Waals surface area contributed by atoms with E-state index in [1.54, 1.807) is 0 Å². The lowest BCUT2D eigenvalue weighted by molar-refractivity contribution is 0.221. The molecule has 2 heterocycles. The van der Waals surface area contributed by atoms with Crippen molar-refractivity contribution >= 4 is 22.8 Å². The summed E-state index contributed by atoms with van der Waals surface area (Å²) in [6.45, 7) is 3.35. The Morgan fingerprint density at radius 3 is 2.85 bits per heavy atom. The number of hydrogen-bond acceptors (Lipinski definition) is 5. The van der Waals surface area contributed by atoms with Crippen molar-refractivity contribution in [2.75, 3.05) is 44.4 Å². The number of oxazole rings is 1. The average Bonchev–Trinajstić information content (AvgIpc) is 2.87. The van der Waals surface area contributed by atoms with Gasteiger partial charge in [-0.1, -0.05) is 6.07 Å². The van der Waals surface area contributed by atoms with E-state index in [0.717, 1.165) is 17.6 Å². The van der Waals surface area contributed by atoms with Crippen molar-refractivity contribution in [3.63, 3.8) is 0 Å². The third kappa shape index (κ3) is 2.58. The average molecular weight is 274 g/mol. The highest BCUT2D eigenvalue weighted by atomic mass is 16.4. The molecule has 1 aromatic heterocycles. The molecule has 2 aromatic rings. The van der Waals surface area contributed by atoms with Crippen LogP contribution in [0.1, 0.15) is 12.8 Å². The number of rotatable bonds is 3. The summed E-state index contributed by atoms with van der Waals surface area (Å²) in [6, 6.07) is 6.32. The molecule has 0 atom stereocenters. The predicted octanol–water partition coefficient (Wildman–Crippen LogP) is 2.19. The number of piperidine rings is 1. The largest absolute Gasteiger partial charge is 0.423 e. The van der Waals surface area contributed by atoms with Crippen molar-refractivity contribution in [2.24, 2.45) is 5.92 Å². The third-order valence-corrected chi connectivity index (χ3v) is 4.14. The maximum absolute atomic E-state index is 5.92. The molecule has 1 saturated heterocycles. The van der Waals surface area contributed by atoms with Gasteiger partial charge in [-0.2, -0.15) is 4.98 Å². The third-order valence-electron chi connectivity index (χ3n) is 4.14. The minimum absolute atomic E-state index is 0.664. The molecule has 0 radical (unpaired) electrons. The van der Waals surface area contributed by atoms with Crippen LogP contribution in [0.5, 0.6) is 0 Å². The van der Waals surface area contributed by atoms with E-state index in [1.807, 2.05) is 25.2 Å². The van der Waals surface area contributed by atoms with E-state index in [4.69, 9.17) is 10.2 Å². The number of nitrogens with zero attached hydrogens (tertiary/aromatic N) is 3. The Hall–Kier alpha value is -1.75. The van der Waals surface area contributed by atoms with Crippen LogP contribution in [0.15, 0.2) is 22.6 Å². The number of benzene rings is 1. The van der Waals surface area contributed by atoms with Gasteiger partial charge in [0.25, 0.3) is 6.01 Å². The minimum atomic E-state index is 0.664. The van der Waals surface area contributed by atoms with Gasteiger partial charge in [0.15, 0.2) is 5.58 Å². The molecule has 0 bridgehead atoms. The van der Waals surface area contributed by atoms with Crippen molar-refractivity contribution in [3.05, 3.63) is 18.2 Å². The molecule has 0 amide bonds. The second-order valence-corrected chi connectivity index (χ2v) is 5.82. The number of hydrogen-bond donors (Lipinski definition) is 1. The minimum Gasteiger partial charge on any atom is -0.423 e. The monoisotopic (exact) mass is 274 g/mol. The standard InChI is InChI=1S/C15H22N4O/c1-18-8-6-11(7-9-18)10-19(2)15-17-14-12(16)4-3-5-13(14)20-15/h3-5,11H,6-10,16H2,1-2H3. The summed E-state index contributed by atoms with van der Waals surface area (Å²) >= 11 is 0. The number of fused-ring (bicyclic) bond motifs is 1. The lowest BCUT2D eigenvalue weighted by Gasteiger charge is -2.31. The molecule has 1 aromatic carbocycles. The van der Waals surface area contributed by atoms with Crippen molar-refractivity contribution in [1.82, 2.24) is 9.88 Å². The first kappa shape index (κ1) is 13.2. The van der Waals surface area contributed by atoms with Crippen molar-refractivity contribution in [2.45, 2.75) is 12.8 Å². The van der Waals surface area contributed by atoms with E-state index in [2.05, 4.69) is 21.8 Å². The van der Waals surface area contributed by atoms with Crippen LogP contribution >= 0.6 is 0 Å². The Morgan fingerprint density at radius 1 is 1.40 bits per heavy atom. The zero-order chi connectivity index (χ0) is 14.1. The molecule has 1 fully saturated rings. The van der Waals surface area contributed by atoms with Gasteiger partial charge in [-0.3, -0.25) is 0 Å². The fourth-order valence-corrected chi connectivity index (χ4v) is 2.83. The molecule has 3 rings (SSSR count). The van der Waals surface area contributed by atoms with Gasteiger partial charge in [-0.05, 0) is 51.0 Å². The second kappa shape index (κ2) is 5.32. The van der Waals surface area contributed by atoms with Gasteiger partial charge in [0.05, 0.1) is 5.69 Å². The number of anilines is 2. The Kier molecular flexibility index (Phi) is 3.53. The van der Waals surface area contributed by atoms with Gasteiger partial charge in [0, 0.05) is 13.6 Å². The molecule has 1 aliphatic heterocycles. The second-order valence-electron chi connectivity index (χ2n) is 5.82. The Labute approximate surface area is 119 Å². The Balaban J connectivity index is 1.72. The molecule has 108 valence electrons. The van der Waals surface area contributed by atoms with Gasteiger partial charge in [0.2, 0.25) is 0 Å². The molecule has 1 aliphatic rings. The molecule has 5 nitrogen and oxygen atoms in total. The highest BCUT2D eigenvalue weighted by Gasteiger charge is 2.20. The van der Waals surface area contributed by atoms with Crippen LogP contribution in [0.3, 0.4) is 0 Å². The first-order valence-corrected chi connectivity index (χ1v) is 7.18. The van der Waals surface area contributed by atoms with Gasteiger partial charge >= 0.3 is 0 Å². The number of para-hydroxylation sites is 1. The van der Waals surface area contributed by atoms with Crippen molar-refractivity contribution in [1.29, 1.82) is 0 Å². The van der Waals surface area contributed by atoms with Crippen LogP contribution in [0.4, 0.5) is 11.7 Å². The van der Waals surface area contributed by atoms with E-state index in [9.17, 15) is 0 Å². The lowest BCUT2D eigenvalue weighted by Crippen LogP contribution is -2.35. The number of likely N-dealkylation sites (tertiary alicyclic amines) is 1. The molecular weight excluding hydrogens is 252 g/mol. The number of nitrogen functional groups attached to an aromatic ring is 1. The van der Waals surface area contributed by atoms with Crippen molar-refractivity contribution < 1.29 is 4.42 Å². The summed E-state index contributed by atoms with van der Waals surface area (Å²) in [5, 5.41) is 0. The normalized spacial score (nSPS) is 17.7. The van der Waals surface area contributed by atoms with Crippen LogP contribution in [0.25, 0.3) is 11.1 Å². The summed E-state index contributed by atoms with van der Waals surface area (Å²) in [7, 11) is 4.22. The summed E-state index contributed by atoms with van der Waals surface area (Å²) < 4.78 is 5.80. The zero-order valence-electron chi connectivity index (χ0n) is 12.2. The highest BCUT2D eigenvalue weighted by Crippen LogP contribution is 2.26. The molecule has 0 unspecified atom stereocenters. The van der Waals surface area contributed by atoms with Crippen LogP contribution in [0, 0.1) is 5.92 Å².